The van der Waals surface area contributed by atoms with Crippen molar-refractivity contribution in [2.75, 3.05) is 30.3 Å². The molecule has 0 saturated carbocycles. The fraction of sp³-hybridized carbons (Fsp3) is 0.400. The maximum atomic E-state index is 5.82. The second-order valence-electron chi connectivity index (χ2n) is 4.53. The Morgan fingerprint density at radius 2 is 2.00 bits per heavy atom. The third-order valence-electron chi connectivity index (χ3n) is 3.11. The Morgan fingerprint density at radius 3 is 2.67 bits per heavy atom. The van der Waals surface area contributed by atoms with Crippen molar-refractivity contribution in [1.29, 1.82) is 0 Å². The van der Waals surface area contributed by atoms with Crippen molar-refractivity contribution < 1.29 is 4.74 Å². The molecule has 6 heteroatoms. The number of anilines is 2. The number of hydrogen-bond acceptors (Lipinski definition) is 6. The van der Waals surface area contributed by atoms with Crippen LogP contribution in [0.2, 0.25) is 0 Å². The van der Waals surface area contributed by atoms with E-state index in [1.807, 2.05) is 18.2 Å². The lowest BCUT2D eigenvalue weighted by Gasteiger charge is -2.20. The molecule has 0 spiro atoms. The molecule has 0 unspecified atom stereocenters. The maximum absolute atomic E-state index is 5.82. The topological polar surface area (TPSA) is 77.2 Å². The molecule has 0 aromatic carbocycles. The molecule has 2 aromatic rings. The summed E-state index contributed by atoms with van der Waals surface area (Å²) >= 11 is 0. The molecule has 0 aliphatic carbocycles. The number of nitrogens with zero attached hydrogens (tertiary/aromatic N) is 4. The predicted molar refractivity (Wildman–Crippen MR) is 83.4 cm³/mol. The van der Waals surface area contributed by atoms with Crippen LogP contribution >= 0.6 is 0 Å². The summed E-state index contributed by atoms with van der Waals surface area (Å²) in [6.07, 6.45) is 2.48. The smallest absolute Gasteiger partial charge is 0.320 e. The van der Waals surface area contributed by atoms with Gasteiger partial charge in [0.25, 0.3) is 0 Å². The van der Waals surface area contributed by atoms with E-state index in [-0.39, 0.29) is 0 Å². The van der Waals surface area contributed by atoms with Crippen LogP contribution < -0.4 is 15.4 Å². The molecular weight excluding hydrogens is 266 g/mol. The molecule has 21 heavy (non-hydrogen) atoms. The van der Waals surface area contributed by atoms with Gasteiger partial charge in [0.05, 0.1) is 6.61 Å². The van der Waals surface area contributed by atoms with E-state index in [0.29, 0.717) is 24.9 Å². The Bertz CT molecular complexity index is 557. The fourth-order valence-corrected chi connectivity index (χ4v) is 2.00. The fourth-order valence-electron chi connectivity index (χ4n) is 2.00. The van der Waals surface area contributed by atoms with Crippen molar-refractivity contribution in [1.82, 2.24) is 15.0 Å². The largest absolute Gasteiger partial charge is 0.463 e. The van der Waals surface area contributed by atoms with Crippen LogP contribution in [0.15, 0.2) is 30.5 Å². The number of hydrogen-bond donors (Lipinski definition) is 1. The molecule has 0 aliphatic rings. The molecule has 2 heterocycles. The van der Waals surface area contributed by atoms with Gasteiger partial charge in [0.1, 0.15) is 11.6 Å². The van der Waals surface area contributed by atoms with Crippen molar-refractivity contribution in [3.63, 3.8) is 0 Å². The second-order valence-corrected chi connectivity index (χ2v) is 4.53. The quantitative estimate of drug-likeness (QED) is 0.838. The predicted octanol–water partition coefficient (Wildman–Crippen LogP) is 1.92. The average Bonchev–Trinajstić information content (AvgIpc) is 2.49. The van der Waals surface area contributed by atoms with Gasteiger partial charge < -0.3 is 15.4 Å². The van der Waals surface area contributed by atoms with Crippen molar-refractivity contribution in [3.05, 3.63) is 36.2 Å². The van der Waals surface area contributed by atoms with Crippen LogP contribution in [-0.2, 0) is 6.42 Å². The summed E-state index contributed by atoms with van der Waals surface area (Å²) in [6, 6.07) is 7.89. The second kappa shape index (κ2) is 7.42. The van der Waals surface area contributed by atoms with E-state index in [1.165, 1.54) is 0 Å². The van der Waals surface area contributed by atoms with E-state index in [0.717, 1.165) is 24.6 Å². The van der Waals surface area contributed by atoms with E-state index < -0.39 is 0 Å². The van der Waals surface area contributed by atoms with Gasteiger partial charge in [-0.2, -0.15) is 9.97 Å². The lowest BCUT2D eigenvalue weighted by Crippen LogP contribution is -2.23. The molecular formula is C15H21N5O. The SMILES string of the molecule is CCN(CC)c1cc(N)nc(OCCc2ccccn2)n1. The van der Waals surface area contributed by atoms with Gasteiger partial charge in [0.2, 0.25) is 0 Å². The highest BCUT2D eigenvalue weighted by Gasteiger charge is 2.08. The molecule has 0 bridgehead atoms. The number of nitrogen functional groups attached to an aromatic ring is 1. The van der Waals surface area contributed by atoms with E-state index in [2.05, 4.69) is 33.7 Å². The van der Waals surface area contributed by atoms with Gasteiger partial charge in [0.15, 0.2) is 0 Å². The summed E-state index contributed by atoms with van der Waals surface area (Å²) in [6.45, 7) is 6.34. The zero-order valence-corrected chi connectivity index (χ0v) is 12.5. The van der Waals surface area contributed by atoms with Crippen molar-refractivity contribution in [3.8, 4) is 6.01 Å². The van der Waals surface area contributed by atoms with Gasteiger partial charge in [-0.1, -0.05) is 6.07 Å². The van der Waals surface area contributed by atoms with Crippen LogP contribution in [0.3, 0.4) is 0 Å². The Balaban J connectivity index is 1.99. The first-order chi connectivity index (χ1) is 10.2. The standard InChI is InChI=1S/C15H21N5O/c1-3-20(4-2)14-11-13(16)18-15(19-14)21-10-8-12-7-5-6-9-17-12/h5-7,9,11H,3-4,8,10H2,1-2H3,(H2,16,18,19). The van der Waals surface area contributed by atoms with Gasteiger partial charge in [-0.15, -0.1) is 0 Å². The Kier molecular flexibility index (Phi) is 5.31. The van der Waals surface area contributed by atoms with Crippen LogP contribution in [0.5, 0.6) is 6.01 Å². The highest BCUT2D eigenvalue weighted by molar-refractivity contribution is 5.47. The monoisotopic (exact) mass is 287 g/mol. The van der Waals surface area contributed by atoms with Crippen molar-refractivity contribution in [2.24, 2.45) is 0 Å². The van der Waals surface area contributed by atoms with Gasteiger partial charge in [-0.3, -0.25) is 4.98 Å². The molecule has 2 aromatic heterocycles. The molecule has 112 valence electrons. The van der Waals surface area contributed by atoms with Gasteiger partial charge >= 0.3 is 6.01 Å². The Hall–Kier alpha value is -2.37. The summed E-state index contributed by atoms with van der Waals surface area (Å²) in [4.78, 5) is 14.9. The summed E-state index contributed by atoms with van der Waals surface area (Å²) in [5.41, 5.74) is 6.80. The summed E-state index contributed by atoms with van der Waals surface area (Å²) in [5.74, 6) is 1.21. The molecule has 0 fully saturated rings. The van der Waals surface area contributed by atoms with Crippen LogP contribution in [-0.4, -0.2) is 34.6 Å². The molecule has 0 aliphatic heterocycles. The normalized spacial score (nSPS) is 10.4. The van der Waals surface area contributed by atoms with Gasteiger partial charge in [0, 0.05) is 37.5 Å². The van der Waals surface area contributed by atoms with E-state index in [9.17, 15) is 0 Å². The third kappa shape index (κ3) is 4.30. The minimum atomic E-state index is 0.313. The highest BCUT2D eigenvalue weighted by atomic mass is 16.5. The Labute approximate surface area is 125 Å². The zero-order valence-electron chi connectivity index (χ0n) is 12.5. The maximum Gasteiger partial charge on any atom is 0.320 e. The van der Waals surface area contributed by atoms with Crippen molar-refractivity contribution >= 4 is 11.6 Å². The molecule has 0 atom stereocenters. The van der Waals surface area contributed by atoms with E-state index in [1.54, 1.807) is 12.3 Å². The van der Waals surface area contributed by atoms with Crippen molar-refractivity contribution in [2.45, 2.75) is 20.3 Å². The molecule has 0 radical (unpaired) electrons. The minimum Gasteiger partial charge on any atom is -0.463 e. The minimum absolute atomic E-state index is 0.313. The van der Waals surface area contributed by atoms with Gasteiger partial charge in [-0.25, -0.2) is 0 Å². The van der Waals surface area contributed by atoms with E-state index >= 15 is 0 Å². The molecule has 6 nitrogen and oxygen atoms in total. The van der Waals surface area contributed by atoms with Crippen LogP contribution in [0.1, 0.15) is 19.5 Å². The molecule has 0 saturated heterocycles. The number of aromatic nitrogens is 3. The Morgan fingerprint density at radius 1 is 1.19 bits per heavy atom. The lowest BCUT2D eigenvalue weighted by molar-refractivity contribution is 0.295. The van der Waals surface area contributed by atoms with Crippen LogP contribution in [0, 0.1) is 0 Å². The van der Waals surface area contributed by atoms with E-state index in [4.69, 9.17) is 10.5 Å². The summed E-state index contributed by atoms with van der Waals surface area (Å²) in [7, 11) is 0. The molecule has 2 N–H and O–H groups in total. The number of nitrogens with two attached hydrogens (primary N) is 1. The number of rotatable bonds is 7. The zero-order chi connectivity index (χ0) is 15.1. The number of ether oxygens (including phenoxy) is 1. The summed E-state index contributed by atoms with van der Waals surface area (Å²) < 4.78 is 5.60. The first-order valence-corrected chi connectivity index (χ1v) is 7.15. The average molecular weight is 287 g/mol. The molecule has 0 amide bonds. The molecule has 2 rings (SSSR count). The first-order valence-electron chi connectivity index (χ1n) is 7.15. The highest BCUT2D eigenvalue weighted by Crippen LogP contribution is 2.17. The van der Waals surface area contributed by atoms with Crippen LogP contribution in [0.25, 0.3) is 0 Å². The lowest BCUT2D eigenvalue weighted by atomic mass is 10.3. The first kappa shape index (κ1) is 15.0. The number of pyridine rings is 1. The van der Waals surface area contributed by atoms with Crippen LogP contribution in [0.4, 0.5) is 11.6 Å². The third-order valence-corrected chi connectivity index (χ3v) is 3.11. The summed E-state index contributed by atoms with van der Waals surface area (Å²) in [5, 5.41) is 0. The van der Waals surface area contributed by atoms with Gasteiger partial charge in [-0.05, 0) is 26.0 Å².